The molecular weight excluding hydrogens is 362 g/mol. The Balaban J connectivity index is 1.55. The summed E-state index contributed by atoms with van der Waals surface area (Å²) >= 11 is 0. The van der Waals surface area contributed by atoms with E-state index in [9.17, 15) is 14.4 Å². The average molecular weight is 389 g/mol. The van der Waals surface area contributed by atoms with Gasteiger partial charge < -0.3 is 24.2 Å². The summed E-state index contributed by atoms with van der Waals surface area (Å²) in [5, 5.41) is 0. The molecule has 0 radical (unpaired) electrons. The summed E-state index contributed by atoms with van der Waals surface area (Å²) in [7, 11) is 1.60. The van der Waals surface area contributed by atoms with Crippen molar-refractivity contribution < 1.29 is 23.9 Å². The van der Waals surface area contributed by atoms with Crippen LogP contribution in [0, 0.1) is 5.92 Å². The molecule has 1 aromatic rings. The standard InChI is InChI=1S/C20H27N3O5/c1-3-28-20(26)22-10-8-21(9-11-22)19(25)16-12-18(24)23(14-16)13-15-6-4-5-7-17(15)27-2/h4-7,16H,3,8-14H2,1-2H3. The van der Waals surface area contributed by atoms with Gasteiger partial charge in [0, 0.05) is 51.3 Å². The lowest BCUT2D eigenvalue weighted by Gasteiger charge is -2.35. The van der Waals surface area contributed by atoms with Crippen LogP contribution in [0.2, 0.25) is 0 Å². The van der Waals surface area contributed by atoms with Crippen LogP contribution < -0.4 is 4.74 Å². The molecular formula is C20H27N3O5. The molecule has 8 nitrogen and oxygen atoms in total. The number of carbonyl (C=O) groups is 3. The molecule has 1 aromatic carbocycles. The summed E-state index contributed by atoms with van der Waals surface area (Å²) in [6, 6.07) is 7.58. The molecule has 0 aliphatic carbocycles. The van der Waals surface area contributed by atoms with Crippen LogP contribution in [0.15, 0.2) is 24.3 Å². The molecule has 2 aliphatic rings. The molecule has 8 heteroatoms. The van der Waals surface area contributed by atoms with Gasteiger partial charge >= 0.3 is 6.09 Å². The molecule has 0 N–H and O–H groups in total. The fourth-order valence-electron chi connectivity index (χ4n) is 3.71. The Hall–Kier alpha value is -2.77. The number of rotatable bonds is 5. The van der Waals surface area contributed by atoms with Crippen molar-refractivity contribution in [1.82, 2.24) is 14.7 Å². The van der Waals surface area contributed by atoms with E-state index in [1.165, 1.54) is 0 Å². The van der Waals surface area contributed by atoms with Crippen molar-refractivity contribution in [3.05, 3.63) is 29.8 Å². The molecule has 28 heavy (non-hydrogen) atoms. The summed E-state index contributed by atoms with van der Waals surface area (Å²) in [6.07, 6.45) is -0.111. The second-order valence-corrected chi connectivity index (χ2v) is 7.00. The minimum Gasteiger partial charge on any atom is -0.496 e. The van der Waals surface area contributed by atoms with Gasteiger partial charge in [-0.2, -0.15) is 0 Å². The van der Waals surface area contributed by atoms with E-state index in [0.29, 0.717) is 45.9 Å². The van der Waals surface area contributed by atoms with E-state index in [1.54, 1.807) is 28.7 Å². The molecule has 2 heterocycles. The van der Waals surface area contributed by atoms with E-state index >= 15 is 0 Å². The van der Waals surface area contributed by atoms with Crippen molar-refractivity contribution in [2.24, 2.45) is 5.92 Å². The van der Waals surface area contributed by atoms with Crippen molar-refractivity contribution in [3.8, 4) is 5.75 Å². The average Bonchev–Trinajstić information content (AvgIpc) is 3.08. The van der Waals surface area contributed by atoms with Gasteiger partial charge in [-0.05, 0) is 13.0 Å². The Morgan fingerprint density at radius 3 is 2.46 bits per heavy atom. The quantitative estimate of drug-likeness (QED) is 0.759. The molecule has 0 saturated carbocycles. The molecule has 152 valence electrons. The van der Waals surface area contributed by atoms with Crippen molar-refractivity contribution in [2.75, 3.05) is 46.4 Å². The van der Waals surface area contributed by atoms with Gasteiger partial charge in [0.15, 0.2) is 0 Å². The Bertz CT molecular complexity index is 730. The van der Waals surface area contributed by atoms with Crippen LogP contribution in [0.25, 0.3) is 0 Å². The number of hydrogen-bond acceptors (Lipinski definition) is 5. The van der Waals surface area contributed by atoms with Crippen molar-refractivity contribution in [1.29, 1.82) is 0 Å². The molecule has 1 atom stereocenters. The predicted molar refractivity (Wildman–Crippen MR) is 102 cm³/mol. The highest BCUT2D eigenvalue weighted by molar-refractivity contribution is 5.89. The summed E-state index contributed by atoms with van der Waals surface area (Å²) in [5.74, 6) is 0.366. The molecule has 3 rings (SSSR count). The monoisotopic (exact) mass is 389 g/mol. The summed E-state index contributed by atoms with van der Waals surface area (Å²) in [6.45, 7) is 4.79. The second kappa shape index (κ2) is 8.95. The van der Waals surface area contributed by atoms with Gasteiger partial charge in [0.2, 0.25) is 11.8 Å². The number of carbonyl (C=O) groups excluding carboxylic acids is 3. The lowest BCUT2D eigenvalue weighted by atomic mass is 10.1. The van der Waals surface area contributed by atoms with Crippen LogP contribution in [0.3, 0.4) is 0 Å². The number of ether oxygens (including phenoxy) is 2. The first kappa shape index (κ1) is 20.0. The first-order valence-electron chi connectivity index (χ1n) is 9.63. The Labute approximate surface area is 165 Å². The third-order valence-electron chi connectivity index (χ3n) is 5.23. The third-order valence-corrected chi connectivity index (χ3v) is 5.23. The lowest BCUT2D eigenvalue weighted by Crippen LogP contribution is -2.52. The Morgan fingerprint density at radius 1 is 1.11 bits per heavy atom. The second-order valence-electron chi connectivity index (χ2n) is 7.00. The van der Waals surface area contributed by atoms with Crippen LogP contribution in [-0.2, 0) is 20.9 Å². The zero-order valence-electron chi connectivity index (χ0n) is 16.4. The van der Waals surface area contributed by atoms with Gasteiger partial charge in [0.1, 0.15) is 5.75 Å². The predicted octanol–water partition coefficient (Wildman–Crippen LogP) is 1.34. The van der Waals surface area contributed by atoms with Crippen LogP contribution in [0.1, 0.15) is 18.9 Å². The van der Waals surface area contributed by atoms with Crippen LogP contribution in [-0.4, -0.2) is 79.0 Å². The minimum atomic E-state index is -0.339. The zero-order chi connectivity index (χ0) is 20.1. The van der Waals surface area contributed by atoms with E-state index in [1.807, 2.05) is 24.3 Å². The van der Waals surface area contributed by atoms with Crippen molar-refractivity contribution in [2.45, 2.75) is 19.9 Å². The molecule has 0 spiro atoms. The smallest absolute Gasteiger partial charge is 0.409 e. The highest BCUT2D eigenvalue weighted by atomic mass is 16.6. The van der Waals surface area contributed by atoms with Gasteiger partial charge in [-0.25, -0.2) is 4.79 Å². The van der Waals surface area contributed by atoms with Crippen LogP contribution >= 0.6 is 0 Å². The van der Waals surface area contributed by atoms with Gasteiger partial charge in [-0.1, -0.05) is 18.2 Å². The van der Waals surface area contributed by atoms with E-state index in [2.05, 4.69) is 0 Å². The molecule has 0 bridgehead atoms. The maximum absolute atomic E-state index is 12.9. The topological polar surface area (TPSA) is 79.4 Å². The molecule has 2 saturated heterocycles. The van der Waals surface area contributed by atoms with Crippen molar-refractivity contribution in [3.63, 3.8) is 0 Å². The van der Waals surface area contributed by atoms with E-state index < -0.39 is 0 Å². The molecule has 0 aromatic heterocycles. The highest BCUT2D eigenvalue weighted by Gasteiger charge is 2.37. The number of piperazine rings is 1. The highest BCUT2D eigenvalue weighted by Crippen LogP contribution is 2.26. The fraction of sp³-hybridized carbons (Fsp3) is 0.550. The van der Waals surface area contributed by atoms with E-state index in [4.69, 9.17) is 9.47 Å². The van der Waals surface area contributed by atoms with Gasteiger partial charge in [0.25, 0.3) is 0 Å². The largest absolute Gasteiger partial charge is 0.496 e. The van der Waals surface area contributed by atoms with Gasteiger partial charge in [-0.3, -0.25) is 9.59 Å². The summed E-state index contributed by atoms with van der Waals surface area (Å²) in [5.41, 5.74) is 0.925. The van der Waals surface area contributed by atoms with E-state index in [-0.39, 0.29) is 30.2 Å². The lowest BCUT2D eigenvalue weighted by molar-refractivity contribution is -0.137. The number of nitrogens with zero attached hydrogens (tertiary/aromatic N) is 3. The molecule has 1 unspecified atom stereocenters. The zero-order valence-corrected chi connectivity index (χ0v) is 16.4. The van der Waals surface area contributed by atoms with Crippen LogP contribution in [0.4, 0.5) is 4.79 Å². The third kappa shape index (κ3) is 4.37. The number of hydrogen-bond donors (Lipinski definition) is 0. The maximum atomic E-state index is 12.9. The first-order valence-corrected chi connectivity index (χ1v) is 9.63. The Morgan fingerprint density at radius 2 is 1.79 bits per heavy atom. The minimum absolute atomic E-state index is 0.0145. The SMILES string of the molecule is CCOC(=O)N1CCN(C(=O)C2CC(=O)N(Cc3ccccc3OC)C2)CC1. The Kier molecular flexibility index (Phi) is 6.38. The summed E-state index contributed by atoms with van der Waals surface area (Å²) in [4.78, 5) is 42.2. The van der Waals surface area contributed by atoms with Gasteiger partial charge in [-0.15, -0.1) is 0 Å². The number of benzene rings is 1. The fourth-order valence-corrected chi connectivity index (χ4v) is 3.71. The molecule has 3 amide bonds. The number of para-hydroxylation sites is 1. The van der Waals surface area contributed by atoms with Crippen LogP contribution in [0.5, 0.6) is 5.75 Å². The maximum Gasteiger partial charge on any atom is 0.409 e. The van der Waals surface area contributed by atoms with E-state index in [0.717, 1.165) is 11.3 Å². The molecule has 2 fully saturated rings. The molecule has 2 aliphatic heterocycles. The number of methoxy groups -OCH3 is 1. The normalized spacial score (nSPS) is 19.7. The van der Waals surface area contributed by atoms with Gasteiger partial charge in [0.05, 0.1) is 19.6 Å². The first-order chi connectivity index (χ1) is 13.5. The number of likely N-dealkylation sites (tertiary alicyclic amines) is 1. The summed E-state index contributed by atoms with van der Waals surface area (Å²) < 4.78 is 10.4. The number of amides is 3. The van der Waals surface area contributed by atoms with Crippen molar-refractivity contribution >= 4 is 17.9 Å².